The van der Waals surface area contributed by atoms with Crippen LogP contribution in [0.1, 0.15) is 27.7 Å². The van der Waals surface area contributed by atoms with Crippen LogP contribution in [0.15, 0.2) is 23.1 Å². The molecule has 9 heteroatoms. The predicted molar refractivity (Wildman–Crippen MR) is 107 cm³/mol. The molecule has 28 heavy (non-hydrogen) atoms. The first-order valence-corrected chi connectivity index (χ1v) is 11.2. The van der Waals surface area contributed by atoms with Crippen LogP contribution in [-0.2, 0) is 19.6 Å². The van der Waals surface area contributed by atoms with Gasteiger partial charge in [-0.2, -0.15) is 4.31 Å². The molecule has 0 aromatic heterocycles. The van der Waals surface area contributed by atoms with E-state index in [0.29, 0.717) is 44.3 Å². The Hall–Kier alpha value is -1.68. The van der Waals surface area contributed by atoms with Crippen LogP contribution in [0.3, 0.4) is 0 Å². The Balaban J connectivity index is 2.26. The second-order valence-corrected chi connectivity index (χ2v) is 8.94. The van der Waals surface area contributed by atoms with Crippen molar-refractivity contribution in [3.8, 4) is 5.75 Å². The van der Waals surface area contributed by atoms with Crippen LogP contribution in [0.4, 0.5) is 5.69 Å². The van der Waals surface area contributed by atoms with E-state index in [1.807, 2.05) is 13.8 Å². The first kappa shape index (κ1) is 22.6. The van der Waals surface area contributed by atoms with Crippen molar-refractivity contribution in [1.29, 1.82) is 0 Å². The summed E-state index contributed by atoms with van der Waals surface area (Å²) < 4.78 is 38.1. The Morgan fingerprint density at radius 2 is 1.89 bits per heavy atom. The second-order valence-electron chi connectivity index (χ2n) is 7.00. The third-order valence-electron chi connectivity index (χ3n) is 4.54. The van der Waals surface area contributed by atoms with Gasteiger partial charge in [0.2, 0.25) is 10.0 Å². The van der Waals surface area contributed by atoms with Crippen LogP contribution in [0.25, 0.3) is 0 Å². The number of hydrogen-bond donors (Lipinski definition) is 2. The summed E-state index contributed by atoms with van der Waals surface area (Å²) in [5.74, 6) is 0.279. The van der Waals surface area contributed by atoms with Gasteiger partial charge in [-0.25, -0.2) is 8.42 Å². The number of sulfonamides is 1. The largest absolute Gasteiger partial charge is 0.489 e. The number of quaternary nitrogens is 1. The molecule has 1 amide bonds. The number of morpholine rings is 1. The van der Waals surface area contributed by atoms with E-state index in [9.17, 15) is 13.2 Å². The molecule has 158 valence electrons. The lowest BCUT2D eigenvalue weighted by Crippen LogP contribution is -3.15. The molecular formula is C19H32N3O5S+. The SMILES string of the molecule is CCN(CC)S(=O)(=O)c1ccc(OC(C)C)c(NC(=O)C[NH+]2CCOCC2)c1. The molecule has 1 aliphatic heterocycles. The van der Waals surface area contributed by atoms with Gasteiger partial charge in [-0.15, -0.1) is 0 Å². The molecule has 0 unspecified atom stereocenters. The van der Waals surface area contributed by atoms with Gasteiger partial charge in [0.15, 0.2) is 6.54 Å². The molecule has 0 saturated carbocycles. The minimum atomic E-state index is -3.63. The lowest BCUT2D eigenvalue weighted by atomic mass is 10.2. The van der Waals surface area contributed by atoms with Crippen molar-refractivity contribution in [2.75, 3.05) is 51.3 Å². The Morgan fingerprint density at radius 1 is 1.25 bits per heavy atom. The Kier molecular flexibility index (Phi) is 8.23. The fraction of sp³-hybridized carbons (Fsp3) is 0.632. The number of anilines is 1. The number of amides is 1. The third kappa shape index (κ3) is 5.91. The zero-order chi connectivity index (χ0) is 20.7. The molecule has 1 heterocycles. The molecule has 0 spiro atoms. The summed E-state index contributed by atoms with van der Waals surface area (Å²) in [6.07, 6.45) is -0.106. The lowest BCUT2D eigenvalue weighted by Gasteiger charge is -2.24. The van der Waals surface area contributed by atoms with Crippen molar-refractivity contribution >= 4 is 21.6 Å². The topological polar surface area (TPSA) is 89.4 Å². The van der Waals surface area contributed by atoms with Gasteiger partial charge in [0, 0.05) is 13.1 Å². The number of hydrogen-bond acceptors (Lipinski definition) is 5. The molecule has 0 aliphatic carbocycles. The third-order valence-corrected chi connectivity index (χ3v) is 6.59. The molecule has 2 rings (SSSR count). The molecule has 0 atom stereocenters. The van der Waals surface area contributed by atoms with Gasteiger partial charge in [-0.3, -0.25) is 4.79 Å². The predicted octanol–water partition coefficient (Wildman–Crippen LogP) is 0.358. The Labute approximate surface area is 167 Å². The summed E-state index contributed by atoms with van der Waals surface area (Å²) in [6.45, 7) is 11.3. The highest BCUT2D eigenvalue weighted by molar-refractivity contribution is 7.89. The fourth-order valence-electron chi connectivity index (χ4n) is 3.09. The van der Waals surface area contributed by atoms with Crippen molar-refractivity contribution in [3.05, 3.63) is 18.2 Å². The van der Waals surface area contributed by atoms with Gasteiger partial charge in [0.1, 0.15) is 18.8 Å². The number of nitrogens with zero attached hydrogens (tertiary/aromatic N) is 1. The number of rotatable bonds is 9. The minimum Gasteiger partial charge on any atom is -0.489 e. The van der Waals surface area contributed by atoms with Gasteiger partial charge in [0.05, 0.1) is 29.9 Å². The molecule has 1 aromatic rings. The zero-order valence-corrected chi connectivity index (χ0v) is 18.0. The van der Waals surface area contributed by atoms with Crippen LogP contribution in [0, 0.1) is 0 Å². The van der Waals surface area contributed by atoms with Crippen molar-refractivity contribution in [1.82, 2.24) is 4.31 Å². The summed E-state index contributed by atoms with van der Waals surface area (Å²) >= 11 is 0. The van der Waals surface area contributed by atoms with E-state index in [1.54, 1.807) is 19.9 Å². The van der Waals surface area contributed by atoms with E-state index in [2.05, 4.69) is 5.32 Å². The van der Waals surface area contributed by atoms with E-state index in [1.165, 1.54) is 16.4 Å². The lowest BCUT2D eigenvalue weighted by molar-refractivity contribution is -0.899. The summed E-state index contributed by atoms with van der Waals surface area (Å²) in [6, 6.07) is 4.61. The molecule has 1 aliphatic rings. The van der Waals surface area contributed by atoms with Crippen molar-refractivity contribution in [2.45, 2.75) is 38.7 Å². The van der Waals surface area contributed by atoms with E-state index < -0.39 is 10.0 Å². The average Bonchev–Trinajstić information content (AvgIpc) is 2.64. The van der Waals surface area contributed by atoms with Crippen LogP contribution in [0.2, 0.25) is 0 Å². The van der Waals surface area contributed by atoms with E-state index in [4.69, 9.17) is 9.47 Å². The maximum absolute atomic E-state index is 12.8. The molecule has 0 radical (unpaired) electrons. The summed E-state index contributed by atoms with van der Waals surface area (Å²) in [5, 5.41) is 2.84. The first-order chi connectivity index (χ1) is 13.3. The highest BCUT2D eigenvalue weighted by atomic mass is 32.2. The normalized spacial score (nSPS) is 15.8. The van der Waals surface area contributed by atoms with Crippen molar-refractivity contribution in [2.24, 2.45) is 0 Å². The number of benzene rings is 1. The molecule has 2 N–H and O–H groups in total. The maximum atomic E-state index is 12.8. The van der Waals surface area contributed by atoms with Crippen molar-refractivity contribution < 1.29 is 27.6 Å². The van der Waals surface area contributed by atoms with Gasteiger partial charge >= 0.3 is 0 Å². The van der Waals surface area contributed by atoms with Gasteiger partial charge in [-0.05, 0) is 32.0 Å². The monoisotopic (exact) mass is 414 g/mol. The standard InChI is InChI=1S/C19H31N3O5S/c1-5-22(6-2)28(24,25)16-7-8-18(27-15(3)4)17(13-16)20-19(23)14-21-9-11-26-12-10-21/h7-8,13,15H,5-6,9-12,14H2,1-4H3,(H,20,23)/p+1. The summed E-state index contributed by atoms with van der Waals surface area (Å²) in [5.41, 5.74) is 0.375. The van der Waals surface area contributed by atoms with Crippen LogP contribution in [0.5, 0.6) is 5.75 Å². The highest BCUT2D eigenvalue weighted by Gasteiger charge is 2.24. The number of carbonyl (C=O) groups is 1. The summed E-state index contributed by atoms with van der Waals surface area (Å²) in [7, 11) is -3.63. The van der Waals surface area contributed by atoms with E-state index in [-0.39, 0.29) is 16.9 Å². The van der Waals surface area contributed by atoms with E-state index in [0.717, 1.165) is 18.0 Å². The molecular weight excluding hydrogens is 382 g/mol. The van der Waals surface area contributed by atoms with Gasteiger partial charge in [0.25, 0.3) is 5.91 Å². The van der Waals surface area contributed by atoms with Crippen LogP contribution < -0.4 is 15.0 Å². The number of nitrogens with one attached hydrogen (secondary N) is 2. The van der Waals surface area contributed by atoms with Crippen molar-refractivity contribution in [3.63, 3.8) is 0 Å². The average molecular weight is 415 g/mol. The number of ether oxygens (including phenoxy) is 2. The maximum Gasteiger partial charge on any atom is 0.279 e. The second kappa shape index (κ2) is 10.2. The van der Waals surface area contributed by atoms with Crippen LogP contribution >= 0.6 is 0 Å². The van der Waals surface area contributed by atoms with Gasteiger partial charge in [-0.1, -0.05) is 13.8 Å². The Morgan fingerprint density at radius 3 is 2.46 bits per heavy atom. The smallest absolute Gasteiger partial charge is 0.279 e. The summed E-state index contributed by atoms with van der Waals surface area (Å²) in [4.78, 5) is 13.8. The first-order valence-electron chi connectivity index (χ1n) is 9.79. The molecule has 1 fully saturated rings. The van der Waals surface area contributed by atoms with Crippen LogP contribution in [-0.4, -0.2) is 70.7 Å². The minimum absolute atomic E-state index is 0.106. The van der Waals surface area contributed by atoms with Gasteiger partial charge < -0.3 is 19.7 Å². The fourth-order valence-corrected chi connectivity index (χ4v) is 4.58. The Bertz CT molecular complexity index is 757. The molecule has 1 aromatic carbocycles. The quantitative estimate of drug-likeness (QED) is 0.609. The highest BCUT2D eigenvalue weighted by Crippen LogP contribution is 2.30. The molecule has 0 bridgehead atoms. The molecule has 1 saturated heterocycles. The van der Waals surface area contributed by atoms with E-state index >= 15 is 0 Å². The molecule has 8 nitrogen and oxygen atoms in total. The number of carbonyl (C=O) groups excluding carboxylic acids is 1. The zero-order valence-electron chi connectivity index (χ0n) is 17.2.